The minimum atomic E-state index is -0.324. The largest absolute Gasteiger partial charge is 0.352 e. The van der Waals surface area contributed by atoms with Crippen molar-refractivity contribution in [3.05, 3.63) is 70.3 Å². The summed E-state index contributed by atoms with van der Waals surface area (Å²) in [5.41, 5.74) is 4.61. The summed E-state index contributed by atoms with van der Waals surface area (Å²) in [6.07, 6.45) is 8.96. The van der Waals surface area contributed by atoms with Crippen LogP contribution in [-0.4, -0.2) is 27.7 Å². The fraction of sp³-hybridized carbons (Fsp3) is 0.321. The lowest BCUT2D eigenvalue weighted by molar-refractivity contribution is -0.122. The third-order valence-corrected chi connectivity index (χ3v) is 7.67. The smallest absolute Gasteiger partial charge is 0.298 e. The molecule has 3 amide bonds. The number of nitrogens with zero attached hydrogens (tertiary/aromatic N) is 2. The number of fused-ring (bicyclic) bond motifs is 1. The summed E-state index contributed by atoms with van der Waals surface area (Å²) in [5.74, 6) is -0.318. The second-order valence-electron chi connectivity index (χ2n) is 9.28. The number of aromatic nitrogens is 1. The van der Waals surface area contributed by atoms with Gasteiger partial charge in [0.05, 0.1) is 16.1 Å². The molecule has 1 saturated carbocycles. The predicted molar refractivity (Wildman–Crippen MR) is 141 cm³/mol. The molecular formula is C28H29N3O3S. The molecule has 2 aliphatic rings. The van der Waals surface area contributed by atoms with Crippen molar-refractivity contribution in [2.24, 2.45) is 0 Å². The number of nitrogens with one attached hydrogen (secondary N) is 1. The number of aryl methyl sites for hydroxylation is 2. The highest BCUT2D eigenvalue weighted by Crippen LogP contribution is 2.37. The molecule has 1 aromatic heterocycles. The average molecular weight is 488 g/mol. The van der Waals surface area contributed by atoms with Gasteiger partial charge in [0.25, 0.3) is 11.1 Å². The molecule has 1 N–H and O–H groups in total. The Kier molecular flexibility index (Phi) is 6.52. The van der Waals surface area contributed by atoms with Gasteiger partial charge in [-0.15, -0.1) is 0 Å². The monoisotopic (exact) mass is 487 g/mol. The molecule has 2 aromatic carbocycles. The van der Waals surface area contributed by atoms with Crippen molar-refractivity contribution in [3.63, 3.8) is 0 Å². The fourth-order valence-electron chi connectivity index (χ4n) is 5.01. The quantitative estimate of drug-likeness (QED) is 0.445. The standard InChI is InChI=1S/C28H29N3O3S/c1-3-19-7-6-10-23-20(16-30(26(19)23)17-25(32)29-21-8-4-5-9-21)15-24-27(33)31(28(34)35-24)22-13-11-18(2)12-14-22/h6-7,10-16,21H,3-5,8-9,17H2,1-2H3,(H,29,32)/b24-15-. The van der Waals surface area contributed by atoms with E-state index in [0.717, 1.165) is 58.6 Å². The van der Waals surface area contributed by atoms with Gasteiger partial charge in [-0.1, -0.05) is 55.7 Å². The van der Waals surface area contributed by atoms with Crippen LogP contribution in [0.3, 0.4) is 0 Å². The Labute approximate surface area is 209 Å². The number of carbonyl (C=O) groups excluding carboxylic acids is 3. The number of anilines is 1. The van der Waals surface area contributed by atoms with Gasteiger partial charge in [-0.05, 0) is 61.7 Å². The normalized spacial score (nSPS) is 17.8. The molecule has 6 nitrogen and oxygen atoms in total. The van der Waals surface area contributed by atoms with Gasteiger partial charge in [-0.3, -0.25) is 14.4 Å². The Morgan fingerprint density at radius 2 is 1.86 bits per heavy atom. The molecule has 2 fully saturated rings. The van der Waals surface area contributed by atoms with Crippen molar-refractivity contribution in [2.45, 2.75) is 58.5 Å². The van der Waals surface area contributed by atoms with Crippen LogP contribution in [0.1, 0.15) is 49.3 Å². The van der Waals surface area contributed by atoms with E-state index in [4.69, 9.17) is 0 Å². The first-order chi connectivity index (χ1) is 16.9. The minimum Gasteiger partial charge on any atom is -0.352 e. The van der Waals surface area contributed by atoms with E-state index in [1.807, 2.05) is 42.0 Å². The molecule has 35 heavy (non-hydrogen) atoms. The number of thioether (sulfide) groups is 1. The van der Waals surface area contributed by atoms with Crippen molar-refractivity contribution in [1.29, 1.82) is 0 Å². The summed E-state index contributed by atoms with van der Waals surface area (Å²) in [6, 6.07) is 13.7. The number of hydrogen-bond donors (Lipinski definition) is 1. The molecular weight excluding hydrogens is 458 g/mol. The Balaban J connectivity index is 1.48. The van der Waals surface area contributed by atoms with Gasteiger partial charge in [-0.25, -0.2) is 4.90 Å². The molecule has 7 heteroatoms. The van der Waals surface area contributed by atoms with Crippen molar-refractivity contribution < 1.29 is 14.4 Å². The van der Waals surface area contributed by atoms with Crippen LogP contribution in [0.4, 0.5) is 10.5 Å². The molecule has 0 atom stereocenters. The van der Waals surface area contributed by atoms with Crippen molar-refractivity contribution in [1.82, 2.24) is 9.88 Å². The van der Waals surface area contributed by atoms with Crippen molar-refractivity contribution in [3.8, 4) is 0 Å². The van der Waals surface area contributed by atoms with E-state index in [2.05, 4.69) is 18.3 Å². The first-order valence-electron chi connectivity index (χ1n) is 12.2. The van der Waals surface area contributed by atoms with Crippen molar-refractivity contribution >= 4 is 51.5 Å². The van der Waals surface area contributed by atoms with Crippen LogP contribution in [0.2, 0.25) is 0 Å². The van der Waals surface area contributed by atoms with Crippen LogP contribution in [0.25, 0.3) is 17.0 Å². The summed E-state index contributed by atoms with van der Waals surface area (Å²) in [6.45, 7) is 4.28. The van der Waals surface area contributed by atoms with Gasteiger partial charge in [0, 0.05) is 23.2 Å². The van der Waals surface area contributed by atoms with E-state index in [1.54, 1.807) is 18.2 Å². The van der Waals surface area contributed by atoms with E-state index in [1.165, 1.54) is 17.7 Å². The third kappa shape index (κ3) is 4.65. The predicted octanol–water partition coefficient (Wildman–Crippen LogP) is 5.81. The molecule has 5 rings (SSSR count). The molecule has 0 spiro atoms. The fourth-order valence-corrected chi connectivity index (χ4v) is 5.85. The number of imide groups is 1. The highest BCUT2D eigenvalue weighted by atomic mass is 32.2. The zero-order valence-electron chi connectivity index (χ0n) is 20.0. The molecule has 1 aliphatic heterocycles. The number of carbonyl (C=O) groups is 3. The molecule has 0 radical (unpaired) electrons. The second-order valence-corrected chi connectivity index (χ2v) is 10.3. The van der Waals surface area contributed by atoms with E-state index < -0.39 is 0 Å². The van der Waals surface area contributed by atoms with E-state index in [9.17, 15) is 14.4 Å². The van der Waals surface area contributed by atoms with Crippen LogP contribution >= 0.6 is 11.8 Å². The lowest BCUT2D eigenvalue weighted by atomic mass is 10.1. The van der Waals surface area contributed by atoms with Crippen LogP contribution < -0.4 is 10.2 Å². The van der Waals surface area contributed by atoms with Crippen LogP contribution in [0.15, 0.2) is 53.6 Å². The molecule has 1 saturated heterocycles. The SMILES string of the molecule is CCc1cccc2c(/C=C3\SC(=O)N(c4ccc(C)cc4)C3=O)cn(CC(=O)NC3CCCC3)c12. The zero-order chi connectivity index (χ0) is 24.5. The maximum Gasteiger partial charge on any atom is 0.298 e. The number of amides is 3. The van der Waals surface area contributed by atoms with Crippen LogP contribution in [0.5, 0.6) is 0 Å². The van der Waals surface area contributed by atoms with E-state index in [0.29, 0.717) is 10.6 Å². The Morgan fingerprint density at radius 3 is 2.57 bits per heavy atom. The van der Waals surface area contributed by atoms with Gasteiger partial charge in [0.1, 0.15) is 6.54 Å². The van der Waals surface area contributed by atoms with E-state index >= 15 is 0 Å². The third-order valence-electron chi connectivity index (χ3n) is 6.80. The Morgan fingerprint density at radius 1 is 1.11 bits per heavy atom. The van der Waals surface area contributed by atoms with Crippen LogP contribution in [-0.2, 0) is 22.6 Å². The summed E-state index contributed by atoms with van der Waals surface area (Å²) in [7, 11) is 0. The lowest BCUT2D eigenvalue weighted by Crippen LogP contribution is -2.35. The summed E-state index contributed by atoms with van der Waals surface area (Å²) >= 11 is 0.949. The molecule has 2 heterocycles. The average Bonchev–Trinajstić information content (AvgIpc) is 3.54. The number of benzene rings is 2. The zero-order valence-corrected chi connectivity index (χ0v) is 20.9. The molecule has 1 aliphatic carbocycles. The maximum atomic E-state index is 13.2. The highest BCUT2D eigenvalue weighted by Gasteiger charge is 2.36. The maximum absolute atomic E-state index is 13.2. The number of para-hydroxylation sites is 1. The van der Waals surface area contributed by atoms with Gasteiger partial charge < -0.3 is 9.88 Å². The minimum absolute atomic E-state index is 0.00551. The summed E-state index contributed by atoms with van der Waals surface area (Å²) < 4.78 is 1.98. The molecule has 0 bridgehead atoms. The lowest BCUT2D eigenvalue weighted by Gasteiger charge is -2.13. The van der Waals surface area contributed by atoms with Crippen LogP contribution in [0, 0.1) is 6.92 Å². The second kappa shape index (κ2) is 9.74. The highest BCUT2D eigenvalue weighted by molar-refractivity contribution is 8.19. The number of rotatable bonds is 6. The first kappa shape index (κ1) is 23.4. The Hall–Kier alpha value is -3.32. The van der Waals surface area contributed by atoms with E-state index in [-0.39, 0.29) is 29.6 Å². The van der Waals surface area contributed by atoms with Gasteiger partial charge >= 0.3 is 0 Å². The van der Waals surface area contributed by atoms with Gasteiger partial charge in [0.2, 0.25) is 5.91 Å². The molecule has 0 unspecified atom stereocenters. The summed E-state index contributed by atoms with van der Waals surface area (Å²) in [5, 5.41) is 3.83. The molecule has 3 aromatic rings. The number of hydrogen-bond acceptors (Lipinski definition) is 4. The summed E-state index contributed by atoms with van der Waals surface area (Å²) in [4.78, 5) is 40.3. The first-order valence-corrected chi connectivity index (χ1v) is 13.0. The van der Waals surface area contributed by atoms with Crippen molar-refractivity contribution in [2.75, 3.05) is 4.90 Å². The van der Waals surface area contributed by atoms with Gasteiger partial charge in [-0.2, -0.15) is 0 Å². The molecule has 180 valence electrons. The Bertz CT molecular complexity index is 1330. The van der Waals surface area contributed by atoms with Gasteiger partial charge in [0.15, 0.2) is 0 Å². The topological polar surface area (TPSA) is 71.4 Å².